The molecule has 2 N–H and O–H groups in total. The van der Waals surface area contributed by atoms with Gasteiger partial charge in [0.1, 0.15) is 11.6 Å². The van der Waals surface area contributed by atoms with Crippen LogP contribution in [0.2, 0.25) is 0 Å². The molecule has 0 aliphatic heterocycles. The van der Waals surface area contributed by atoms with E-state index in [1.165, 1.54) is 24.3 Å². The van der Waals surface area contributed by atoms with Gasteiger partial charge >= 0.3 is 0 Å². The summed E-state index contributed by atoms with van der Waals surface area (Å²) in [6.07, 6.45) is 0. The van der Waals surface area contributed by atoms with Crippen LogP contribution >= 0.6 is 0 Å². The second kappa shape index (κ2) is 5.48. The van der Waals surface area contributed by atoms with Crippen LogP contribution in [0.4, 0.5) is 14.5 Å². The lowest BCUT2D eigenvalue weighted by Gasteiger charge is -2.08. The fourth-order valence-corrected chi connectivity index (χ4v) is 3.07. The minimum Gasteiger partial charge on any atom is -0.398 e. The summed E-state index contributed by atoms with van der Waals surface area (Å²) < 4.78 is 38.1. The van der Waals surface area contributed by atoms with Crippen molar-refractivity contribution in [3.63, 3.8) is 0 Å². The van der Waals surface area contributed by atoms with Crippen LogP contribution in [0.5, 0.6) is 0 Å². The number of hydrogen-bond donors (Lipinski definition) is 1. The molecule has 0 heterocycles. The van der Waals surface area contributed by atoms with Crippen molar-refractivity contribution in [2.75, 3.05) is 5.73 Å². The number of benzene rings is 2. The average Bonchev–Trinajstić information content (AvgIpc) is 2.32. The van der Waals surface area contributed by atoms with Crippen molar-refractivity contribution in [1.29, 1.82) is 0 Å². The predicted octanol–water partition coefficient (Wildman–Crippen LogP) is 3.16. The summed E-state index contributed by atoms with van der Waals surface area (Å²) in [6, 6.07) is 8.10. The third-order valence-electron chi connectivity index (χ3n) is 2.81. The zero-order chi connectivity index (χ0) is 14.0. The smallest absolute Gasteiger partial charge is 0.125 e. The first-order chi connectivity index (χ1) is 8.97. The van der Waals surface area contributed by atoms with Crippen molar-refractivity contribution in [1.82, 2.24) is 0 Å². The summed E-state index contributed by atoms with van der Waals surface area (Å²) >= 11 is 0. The zero-order valence-electron chi connectivity index (χ0n) is 10.3. The van der Waals surface area contributed by atoms with Gasteiger partial charge in [-0.1, -0.05) is 6.07 Å². The summed E-state index contributed by atoms with van der Waals surface area (Å²) in [6.45, 7) is 1.75. The molecule has 2 aromatic carbocycles. The van der Waals surface area contributed by atoms with Gasteiger partial charge in [0.2, 0.25) is 0 Å². The molecular weight excluding hydrogens is 268 g/mol. The van der Waals surface area contributed by atoms with E-state index in [1.807, 2.05) is 0 Å². The lowest BCUT2D eigenvalue weighted by molar-refractivity contribution is 0.625. The number of halogens is 2. The molecule has 2 aromatic rings. The molecule has 19 heavy (non-hydrogen) atoms. The van der Waals surface area contributed by atoms with Crippen LogP contribution in [0.3, 0.4) is 0 Å². The quantitative estimate of drug-likeness (QED) is 0.878. The van der Waals surface area contributed by atoms with Gasteiger partial charge in [-0.15, -0.1) is 0 Å². The van der Waals surface area contributed by atoms with Crippen LogP contribution in [0.15, 0.2) is 41.3 Å². The molecule has 0 saturated carbocycles. The molecule has 0 spiro atoms. The highest BCUT2D eigenvalue weighted by molar-refractivity contribution is 7.84. The van der Waals surface area contributed by atoms with Crippen LogP contribution in [-0.4, -0.2) is 4.21 Å². The van der Waals surface area contributed by atoms with Crippen molar-refractivity contribution in [2.24, 2.45) is 0 Å². The monoisotopic (exact) mass is 281 g/mol. The summed E-state index contributed by atoms with van der Waals surface area (Å²) in [7, 11) is -1.39. The maximum Gasteiger partial charge on any atom is 0.125 e. The molecule has 2 nitrogen and oxygen atoms in total. The van der Waals surface area contributed by atoms with Crippen molar-refractivity contribution in [3.8, 4) is 0 Å². The molecule has 1 atom stereocenters. The molecule has 0 bridgehead atoms. The van der Waals surface area contributed by atoms with Crippen molar-refractivity contribution < 1.29 is 13.0 Å². The average molecular weight is 281 g/mol. The van der Waals surface area contributed by atoms with Gasteiger partial charge in [0.15, 0.2) is 0 Å². The topological polar surface area (TPSA) is 43.1 Å². The first-order valence-electron chi connectivity index (χ1n) is 5.66. The lowest BCUT2D eigenvalue weighted by atomic mass is 10.1. The number of nitrogens with two attached hydrogens (primary N) is 1. The van der Waals surface area contributed by atoms with E-state index in [0.717, 1.165) is 17.2 Å². The van der Waals surface area contributed by atoms with Gasteiger partial charge in [-0.3, -0.25) is 4.21 Å². The van der Waals surface area contributed by atoms with Gasteiger partial charge in [-0.05, 0) is 48.4 Å². The Labute approximate surface area is 112 Å². The fourth-order valence-electron chi connectivity index (χ4n) is 1.77. The molecule has 100 valence electrons. The fraction of sp³-hybridized carbons (Fsp3) is 0.143. The van der Waals surface area contributed by atoms with Gasteiger partial charge in [0, 0.05) is 0 Å². The normalized spacial score (nSPS) is 12.4. The summed E-state index contributed by atoms with van der Waals surface area (Å²) in [5.41, 5.74) is 7.32. The lowest BCUT2D eigenvalue weighted by Crippen LogP contribution is -2.02. The van der Waals surface area contributed by atoms with Gasteiger partial charge in [0.25, 0.3) is 0 Å². The highest BCUT2D eigenvalue weighted by Gasteiger charge is 2.11. The summed E-state index contributed by atoms with van der Waals surface area (Å²) in [5.74, 6) is -0.563. The minimum absolute atomic E-state index is 0.165. The zero-order valence-corrected chi connectivity index (χ0v) is 11.1. The standard InChI is InChI=1S/C14H13F2NOS/c1-9-6-11(15)3-2-10(9)8-19(18)14-5-4-12(16)7-13(14)17/h2-7H,8,17H2,1H3. The van der Waals surface area contributed by atoms with E-state index in [0.29, 0.717) is 4.90 Å². The molecular formula is C14H13F2NOS. The maximum atomic E-state index is 13.0. The Morgan fingerprint density at radius 2 is 1.74 bits per heavy atom. The van der Waals surface area contributed by atoms with Crippen molar-refractivity contribution in [2.45, 2.75) is 17.6 Å². The predicted molar refractivity (Wildman–Crippen MR) is 72.1 cm³/mol. The number of rotatable bonds is 3. The van der Waals surface area contributed by atoms with Crippen LogP contribution in [0.1, 0.15) is 11.1 Å². The minimum atomic E-state index is -1.39. The SMILES string of the molecule is Cc1cc(F)ccc1CS(=O)c1ccc(F)cc1N. The van der Waals surface area contributed by atoms with Crippen LogP contribution in [-0.2, 0) is 16.6 Å². The van der Waals surface area contributed by atoms with Crippen LogP contribution in [0.25, 0.3) is 0 Å². The second-order valence-electron chi connectivity index (χ2n) is 4.24. The van der Waals surface area contributed by atoms with Gasteiger partial charge in [-0.2, -0.15) is 0 Å². The third-order valence-corrected chi connectivity index (χ3v) is 4.24. The van der Waals surface area contributed by atoms with E-state index >= 15 is 0 Å². The summed E-state index contributed by atoms with van der Waals surface area (Å²) in [4.78, 5) is 0.394. The van der Waals surface area contributed by atoms with Crippen molar-refractivity contribution in [3.05, 3.63) is 59.2 Å². The van der Waals surface area contributed by atoms with Crippen molar-refractivity contribution >= 4 is 16.5 Å². The maximum absolute atomic E-state index is 13.0. The molecule has 0 saturated heterocycles. The molecule has 0 aromatic heterocycles. The molecule has 2 rings (SSSR count). The van der Waals surface area contributed by atoms with Gasteiger partial charge < -0.3 is 5.73 Å². The Morgan fingerprint density at radius 1 is 1.11 bits per heavy atom. The van der Waals surface area contributed by atoms with Crippen LogP contribution in [0, 0.1) is 18.6 Å². The summed E-state index contributed by atoms with van der Waals surface area (Å²) in [5, 5.41) is 0. The highest BCUT2D eigenvalue weighted by atomic mass is 32.2. The Balaban J connectivity index is 2.25. The van der Waals surface area contributed by atoms with Gasteiger partial charge in [0.05, 0.1) is 27.1 Å². The molecule has 0 radical (unpaired) electrons. The first-order valence-corrected chi connectivity index (χ1v) is 6.97. The molecule has 1 unspecified atom stereocenters. The first kappa shape index (κ1) is 13.7. The Kier molecular flexibility index (Phi) is 3.95. The molecule has 0 aliphatic carbocycles. The van der Waals surface area contributed by atoms with E-state index in [1.54, 1.807) is 13.0 Å². The largest absolute Gasteiger partial charge is 0.398 e. The Bertz CT molecular complexity index is 643. The number of anilines is 1. The van der Waals surface area contributed by atoms with E-state index in [-0.39, 0.29) is 17.3 Å². The molecule has 0 amide bonds. The third kappa shape index (κ3) is 3.17. The van der Waals surface area contributed by atoms with Gasteiger partial charge in [-0.25, -0.2) is 8.78 Å². The van der Waals surface area contributed by atoms with E-state index in [4.69, 9.17) is 5.73 Å². The molecule has 0 fully saturated rings. The Morgan fingerprint density at radius 3 is 2.37 bits per heavy atom. The van der Waals surface area contributed by atoms with E-state index in [2.05, 4.69) is 0 Å². The number of aryl methyl sites for hydroxylation is 1. The second-order valence-corrected chi connectivity index (χ2v) is 5.66. The molecule has 0 aliphatic rings. The Hall–Kier alpha value is -1.75. The highest BCUT2D eigenvalue weighted by Crippen LogP contribution is 2.21. The molecule has 5 heteroatoms. The van der Waals surface area contributed by atoms with E-state index < -0.39 is 16.6 Å². The number of hydrogen-bond acceptors (Lipinski definition) is 2. The van der Waals surface area contributed by atoms with Crippen LogP contribution < -0.4 is 5.73 Å². The van der Waals surface area contributed by atoms with E-state index in [9.17, 15) is 13.0 Å². The number of nitrogen functional groups attached to an aromatic ring is 1.